The number of nitrogens with one attached hydrogen (secondary N) is 1. The fourth-order valence-corrected chi connectivity index (χ4v) is 4.50. The molecule has 1 aromatic heterocycles. The zero-order valence-electron chi connectivity index (χ0n) is 11.4. The van der Waals surface area contributed by atoms with Crippen LogP contribution in [0.4, 0.5) is 0 Å². The zero-order chi connectivity index (χ0) is 13.9. The van der Waals surface area contributed by atoms with Crippen molar-refractivity contribution >= 4 is 27.3 Å². The number of likely N-dealkylation sites (N-methyl/N-ethyl adjacent to an activating group) is 1. The van der Waals surface area contributed by atoms with Gasteiger partial charge in [0.05, 0.1) is 6.61 Å². The minimum absolute atomic E-state index is 0.339. The number of para-hydroxylation sites is 1. The van der Waals surface area contributed by atoms with Gasteiger partial charge < -0.3 is 10.1 Å². The average molecular weight is 352 g/mol. The smallest absolute Gasteiger partial charge is 0.122 e. The van der Waals surface area contributed by atoms with Gasteiger partial charge in [0.2, 0.25) is 0 Å². The van der Waals surface area contributed by atoms with Crippen LogP contribution >= 0.6 is 27.3 Å². The molecule has 0 saturated heterocycles. The minimum atomic E-state index is 0.339. The van der Waals surface area contributed by atoms with Crippen LogP contribution in [-0.2, 0) is 0 Å². The van der Waals surface area contributed by atoms with Crippen LogP contribution in [0, 0.1) is 0 Å². The molecular weight excluding hydrogens is 334 g/mol. The summed E-state index contributed by atoms with van der Waals surface area (Å²) in [6, 6.07) is 8.76. The fourth-order valence-electron chi connectivity index (χ4n) is 2.92. The zero-order valence-corrected chi connectivity index (χ0v) is 13.8. The number of hydrogen-bond donors (Lipinski definition) is 1. The van der Waals surface area contributed by atoms with Crippen LogP contribution in [0.1, 0.15) is 36.4 Å². The normalized spacial score (nSPS) is 19.2. The number of rotatable bonds is 4. The van der Waals surface area contributed by atoms with Crippen LogP contribution in [-0.4, -0.2) is 13.2 Å². The summed E-state index contributed by atoms with van der Waals surface area (Å²) in [4.78, 5) is 0. The van der Waals surface area contributed by atoms with Gasteiger partial charge in [-0.3, -0.25) is 0 Å². The number of ether oxygens (including phenoxy) is 1. The molecule has 2 aromatic rings. The van der Waals surface area contributed by atoms with Crippen LogP contribution in [0.3, 0.4) is 0 Å². The molecular formula is C16H18BrNOS. The molecule has 0 saturated carbocycles. The van der Waals surface area contributed by atoms with E-state index in [1.165, 1.54) is 15.6 Å². The Bertz CT molecular complexity index is 583. The van der Waals surface area contributed by atoms with Crippen molar-refractivity contribution in [1.29, 1.82) is 0 Å². The second kappa shape index (κ2) is 6.29. The first kappa shape index (κ1) is 14.1. The maximum absolute atomic E-state index is 5.79. The van der Waals surface area contributed by atoms with E-state index in [4.69, 9.17) is 4.74 Å². The third-order valence-electron chi connectivity index (χ3n) is 3.81. The lowest BCUT2D eigenvalue weighted by atomic mass is 9.84. The van der Waals surface area contributed by atoms with Crippen LogP contribution in [0.15, 0.2) is 39.5 Å². The molecule has 1 N–H and O–H groups in total. The summed E-state index contributed by atoms with van der Waals surface area (Å²) in [5.41, 5.74) is 2.68. The summed E-state index contributed by atoms with van der Waals surface area (Å²) in [5, 5.41) is 8.06. The summed E-state index contributed by atoms with van der Waals surface area (Å²) in [5.74, 6) is 1.50. The first-order valence-corrected chi connectivity index (χ1v) is 8.71. The van der Waals surface area contributed by atoms with Crippen LogP contribution in [0.25, 0.3) is 0 Å². The third-order valence-corrected chi connectivity index (χ3v) is 5.56. The van der Waals surface area contributed by atoms with Gasteiger partial charge in [-0.2, -0.15) is 11.3 Å². The molecule has 4 heteroatoms. The molecule has 20 heavy (non-hydrogen) atoms. The van der Waals surface area contributed by atoms with E-state index >= 15 is 0 Å². The van der Waals surface area contributed by atoms with Crippen LogP contribution < -0.4 is 10.1 Å². The predicted octanol–water partition coefficient (Wildman–Crippen LogP) is 4.73. The Hall–Kier alpha value is -0.840. The molecule has 0 radical (unpaired) electrons. The first-order chi connectivity index (χ1) is 9.81. The Balaban J connectivity index is 1.99. The Morgan fingerprint density at radius 1 is 1.40 bits per heavy atom. The molecule has 0 fully saturated rings. The number of benzene rings is 1. The highest BCUT2D eigenvalue weighted by Gasteiger charge is 2.30. The minimum Gasteiger partial charge on any atom is -0.493 e. The van der Waals surface area contributed by atoms with E-state index in [-0.39, 0.29) is 0 Å². The molecule has 2 heterocycles. The van der Waals surface area contributed by atoms with Gasteiger partial charge in [-0.25, -0.2) is 0 Å². The number of thiophene rings is 1. The number of fused-ring (bicyclic) bond motifs is 1. The van der Waals surface area contributed by atoms with Gasteiger partial charge in [0.25, 0.3) is 0 Å². The highest BCUT2D eigenvalue weighted by molar-refractivity contribution is 9.10. The number of halogens is 1. The van der Waals surface area contributed by atoms with E-state index in [1.54, 1.807) is 11.3 Å². The summed E-state index contributed by atoms with van der Waals surface area (Å²) in [7, 11) is 0. The lowest BCUT2D eigenvalue weighted by Crippen LogP contribution is -2.30. The van der Waals surface area contributed by atoms with Gasteiger partial charge in [-0.15, -0.1) is 0 Å². The van der Waals surface area contributed by atoms with E-state index in [2.05, 4.69) is 57.1 Å². The van der Waals surface area contributed by atoms with E-state index < -0.39 is 0 Å². The monoisotopic (exact) mass is 351 g/mol. The van der Waals surface area contributed by atoms with E-state index in [0.717, 1.165) is 25.3 Å². The fraction of sp³-hybridized carbons (Fsp3) is 0.375. The summed E-state index contributed by atoms with van der Waals surface area (Å²) < 4.78 is 7.00. The Morgan fingerprint density at radius 2 is 2.25 bits per heavy atom. The maximum atomic E-state index is 5.79. The lowest BCUT2D eigenvalue weighted by Gasteiger charge is -2.33. The number of hydrogen-bond acceptors (Lipinski definition) is 3. The summed E-state index contributed by atoms with van der Waals surface area (Å²) >= 11 is 5.43. The molecule has 1 aliphatic heterocycles. The van der Waals surface area contributed by atoms with Gasteiger partial charge in [0, 0.05) is 21.8 Å². The predicted molar refractivity (Wildman–Crippen MR) is 87.7 cm³/mol. The largest absolute Gasteiger partial charge is 0.493 e. The van der Waals surface area contributed by atoms with Gasteiger partial charge >= 0.3 is 0 Å². The Labute approximate surface area is 132 Å². The van der Waals surface area contributed by atoms with Crippen molar-refractivity contribution < 1.29 is 4.74 Å². The molecule has 1 aliphatic rings. The molecule has 2 unspecified atom stereocenters. The Morgan fingerprint density at radius 3 is 3.00 bits per heavy atom. The molecule has 1 aromatic carbocycles. The van der Waals surface area contributed by atoms with Crippen molar-refractivity contribution in [3.8, 4) is 5.75 Å². The van der Waals surface area contributed by atoms with Crippen molar-refractivity contribution in [2.75, 3.05) is 13.2 Å². The summed E-state index contributed by atoms with van der Waals surface area (Å²) in [6.07, 6.45) is 1.05. The van der Waals surface area contributed by atoms with E-state index in [0.29, 0.717) is 12.0 Å². The second-order valence-electron chi connectivity index (χ2n) is 4.99. The molecule has 0 bridgehead atoms. The van der Waals surface area contributed by atoms with Crippen LogP contribution in [0.5, 0.6) is 5.75 Å². The highest BCUT2D eigenvalue weighted by Crippen LogP contribution is 2.43. The molecule has 0 amide bonds. The summed E-state index contributed by atoms with van der Waals surface area (Å²) in [6.45, 7) is 3.93. The molecule has 2 atom stereocenters. The standard InChI is InChI=1S/C16H18BrNOS/c1-2-18-16(13-9-20-10-14(13)17)12-7-8-19-15-6-4-3-5-11(12)15/h3-6,9-10,12,16,18H,2,7-8H2,1H3. The topological polar surface area (TPSA) is 21.3 Å². The van der Waals surface area contributed by atoms with Crippen molar-refractivity contribution in [1.82, 2.24) is 5.32 Å². The molecule has 0 aliphatic carbocycles. The molecule has 3 rings (SSSR count). The quantitative estimate of drug-likeness (QED) is 0.859. The van der Waals surface area contributed by atoms with Crippen molar-refractivity contribution in [2.45, 2.75) is 25.3 Å². The van der Waals surface area contributed by atoms with Gasteiger partial charge in [0.1, 0.15) is 5.75 Å². The second-order valence-corrected chi connectivity index (χ2v) is 6.59. The maximum Gasteiger partial charge on any atom is 0.122 e. The van der Waals surface area contributed by atoms with Gasteiger partial charge in [0.15, 0.2) is 0 Å². The van der Waals surface area contributed by atoms with Crippen molar-refractivity contribution in [3.05, 3.63) is 50.6 Å². The lowest BCUT2D eigenvalue weighted by molar-refractivity contribution is 0.246. The molecule has 2 nitrogen and oxygen atoms in total. The molecule has 0 spiro atoms. The van der Waals surface area contributed by atoms with E-state index in [9.17, 15) is 0 Å². The first-order valence-electron chi connectivity index (χ1n) is 6.98. The van der Waals surface area contributed by atoms with Crippen LogP contribution in [0.2, 0.25) is 0 Å². The Kier molecular flexibility index (Phi) is 4.44. The van der Waals surface area contributed by atoms with Crippen molar-refractivity contribution in [3.63, 3.8) is 0 Å². The highest BCUT2D eigenvalue weighted by atomic mass is 79.9. The van der Waals surface area contributed by atoms with Gasteiger partial charge in [-0.1, -0.05) is 25.1 Å². The van der Waals surface area contributed by atoms with Crippen molar-refractivity contribution in [2.24, 2.45) is 0 Å². The average Bonchev–Trinajstić information content (AvgIpc) is 2.90. The molecule has 106 valence electrons. The van der Waals surface area contributed by atoms with Gasteiger partial charge in [-0.05, 0) is 51.5 Å². The van der Waals surface area contributed by atoms with E-state index in [1.807, 2.05) is 6.07 Å². The third kappa shape index (κ3) is 2.65. The SMILES string of the molecule is CCNC(c1cscc1Br)C1CCOc2ccccc21.